The first kappa shape index (κ1) is 13.9. The van der Waals surface area contributed by atoms with Crippen molar-refractivity contribution in [2.45, 2.75) is 31.3 Å². The Balaban J connectivity index is 1.93. The smallest absolute Gasteiger partial charge is 0.278 e. The molecular weight excluding hydrogens is 284 g/mol. The third-order valence-electron chi connectivity index (χ3n) is 3.27. The lowest BCUT2D eigenvalue weighted by Crippen LogP contribution is -2.07. The van der Waals surface area contributed by atoms with Gasteiger partial charge in [0.2, 0.25) is 0 Å². The highest BCUT2D eigenvalue weighted by molar-refractivity contribution is 7.98. The maximum Gasteiger partial charge on any atom is 0.278 e. The molecule has 0 aliphatic carbocycles. The van der Waals surface area contributed by atoms with Gasteiger partial charge in [-0.3, -0.25) is 4.79 Å². The zero-order valence-electron chi connectivity index (χ0n) is 12.0. The number of rotatable bonds is 4. The van der Waals surface area contributed by atoms with Crippen molar-refractivity contribution in [1.82, 2.24) is 19.5 Å². The molecule has 21 heavy (non-hydrogen) atoms. The Morgan fingerprint density at radius 2 is 2.24 bits per heavy atom. The van der Waals surface area contributed by atoms with E-state index in [0.29, 0.717) is 11.2 Å². The lowest BCUT2D eigenvalue weighted by atomic mass is 10.2. The summed E-state index contributed by atoms with van der Waals surface area (Å²) in [7, 11) is 0. The van der Waals surface area contributed by atoms with Crippen molar-refractivity contribution in [3.05, 3.63) is 52.1 Å². The molecule has 0 atom stereocenters. The van der Waals surface area contributed by atoms with E-state index < -0.39 is 0 Å². The fraction of sp³-hybridized carbons (Fsp3) is 0.267. The number of hydrogen-bond acceptors (Lipinski definition) is 4. The van der Waals surface area contributed by atoms with E-state index in [1.165, 1.54) is 17.5 Å². The van der Waals surface area contributed by atoms with E-state index in [2.05, 4.69) is 46.1 Å². The lowest BCUT2D eigenvalue weighted by Gasteiger charge is -2.05. The van der Waals surface area contributed by atoms with Gasteiger partial charge < -0.3 is 9.55 Å². The molecule has 0 aliphatic heterocycles. The first-order chi connectivity index (χ1) is 10.2. The summed E-state index contributed by atoms with van der Waals surface area (Å²) in [6.07, 6.45) is 1.42. The fourth-order valence-corrected chi connectivity index (χ4v) is 3.28. The number of benzene rings is 1. The third-order valence-corrected chi connectivity index (χ3v) is 4.32. The summed E-state index contributed by atoms with van der Waals surface area (Å²) in [5.41, 5.74) is 3.36. The molecule has 0 fully saturated rings. The number of fused-ring (bicyclic) bond motifs is 1. The quantitative estimate of drug-likeness (QED) is 0.753. The maximum atomic E-state index is 11.8. The molecule has 0 saturated carbocycles. The molecule has 0 bridgehead atoms. The SMILES string of the molecule is CCn1c(SCc2cccc(C)c2)nc2c(=O)[nH]cnc21. The van der Waals surface area contributed by atoms with Crippen molar-refractivity contribution >= 4 is 22.9 Å². The summed E-state index contributed by atoms with van der Waals surface area (Å²) < 4.78 is 1.98. The average molecular weight is 300 g/mol. The molecule has 2 aromatic heterocycles. The number of imidazole rings is 1. The first-order valence-corrected chi connectivity index (χ1v) is 7.80. The van der Waals surface area contributed by atoms with Crippen LogP contribution in [-0.4, -0.2) is 19.5 Å². The summed E-state index contributed by atoms with van der Waals surface area (Å²) >= 11 is 1.63. The van der Waals surface area contributed by atoms with E-state index in [9.17, 15) is 4.79 Å². The van der Waals surface area contributed by atoms with Gasteiger partial charge in [0.05, 0.1) is 6.33 Å². The van der Waals surface area contributed by atoms with Gasteiger partial charge >= 0.3 is 0 Å². The van der Waals surface area contributed by atoms with Crippen LogP contribution < -0.4 is 5.56 Å². The van der Waals surface area contributed by atoms with Gasteiger partial charge in [-0.05, 0) is 19.4 Å². The second-order valence-electron chi connectivity index (χ2n) is 4.82. The van der Waals surface area contributed by atoms with Crippen molar-refractivity contribution in [2.24, 2.45) is 0 Å². The Kier molecular flexibility index (Phi) is 3.79. The maximum absolute atomic E-state index is 11.8. The van der Waals surface area contributed by atoms with Crippen molar-refractivity contribution in [3.63, 3.8) is 0 Å². The number of hydrogen-bond donors (Lipinski definition) is 1. The summed E-state index contributed by atoms with van der Waals surface area (Å²) in [4.78, 5) is 23.0. The van der Waals surface area contributed by atoms with Gasteiger partial charge in [0.1, 0.15) is 0 Å². The number of aromatic nitrogens is 4. The summed E-state index contributed by atoms with van der Waals surface area (Å²) in [6, 6.07) is 8.40. The zero-order chi connectivity index (χ0) is 14.8. The van der Waals surface area contributed by atoms with Crippen LogP contribution >= 0.6 is 11.8 Å². The zero-order valence-corrected chi connectivity index (χ0v) is 12.8. The number of nitrogens with zero attached hydrogens (tertiary/aromatic N) is 3. The van der Waals surface area contributed by atoms with Crippen LogP contribution in [0.15, 0.2) is 40.5 Å². The number of nitrogens with one attached hydrogen (secondary N) is 1. The molecule has 108 valence electrons. The van der Waals surface area contributed by atoms with Gasteiger partial charge in [-0.25, -0.2) is 9.97 Å². The second kappa shape index (κ2) is 5.73. The normalized spacial score (nSPS) is 11.1. The van der Waals surface area contributed by atoms with Crippen LogP contribution in [0.3, 0.4) is 0 Å². The number of H-pyrrole nitrogens is 1. The van der Waals surface area contributed by atoms with E-state index in [4.69, 9.17) is 0 Å². The molecule has 1 aromatic carbocycles. The highest BCUT2D eigenvalue weighted by Gasteiger charge is 2.13. The van der Waals surface area contributed by atoms with E-state index >= 15 is 0 Å². The Bertz CT molecular complexity index is 837. The van der Waals surface area contributed by atoms with Gasteiger partial charge in [0, 0.05) is 12.3 Å². The Labute approximate surface area is 126 Å². The predicted octanol–water partition coefficient (Wildman–Crippen LogP) is 2.74. The minimum absolute atomic E-state index is 0.190. The fourth-order valence-electron chi connectivity index (χ4n) is 2.27. The second-order valence-corrected chi connectivity index (χ2v) is 5.76. The van der Waals surface area contributed by atoms with Gasteiger partial charge in [-0.1, -0.05) is 41.6 Å². The minimum Gasteiger partial charge on any atom is -0.311 e. The van der Waals surface area contributed by atoms with Crippen LogP contribution in [0, 0.1) is 6.92 Å². The Morgan fingerprint density at radius 1 is 1.38 bits per heavy atom. The third kappa shape index (κ3) is 2.71. The molecular formula is C15H16N4OS. The Hall–Kier alpha value is -2.08. The van der Waals surface area contributed by atoms with Crippen molar-refractivity contribution < 1.29 is 0 Å². The van der Waals surface area contributed by atoms with Gasteiger partial charge in [-0.2, -0.15) is 0 Å². The molecule has 0 radical (unpaired) electrons. The van der Waals surface area contributed by atoms with Crippen molar-refractivity contribution in [1.29, 1.82) is 0 Å². The molecule has 0 saturated heterocycles. The van der Waals surface area contributed by atoms with Gasteiger partial charge in [0.25, 0.3) is 5.56 Å². The highest BCUT2D eigenvalue weighted by atomic mass is 32.2. The molecule has 3 rings (SSSR count). The summed E-state index contributed by atoms with van der Waals surface area (Å²) in [6.45, 7) is 4.85. The summed E-state index contributed by atoms with van der Waals surface area (Å²) in [5.74, 6) is 0.822. The largest absolute Gasteiger partial charge is 0.311 e. The average Bonchev–Trinajstić information content (AvgIpc) is 2.84. The molecule has 3 aromatic rings. The van der Waals surface area contributed by atoms with Crippen LogP contribution in [0.1, 0.15) is 18.1 Å². The predicted molar refractivity (Wildman–Crippen MR) is 84.6 cm³/mol. The molecule has 0 unspecified atom stereocenters. The van der Waals surface area contributed by atoms with Crippen LogP contribution in [0.4, 0.5) is 0 Å². The number of aromatic amines is 1. The minimum atomic E-state index is -0.190. The van der Waals surface area contributed by atoms with Crippen molar-refractivity contribution in [3.8, 4) is 0 Å². The van der Waals surface area contributed by atoms with Crippen LogP contribution in [0.2, 0.25) is 0 Å². The van der Waals surface area contributed by atoms with Gasteiger partial charge in [-0.15, -0.1) is 0 Å². The molecule has 5 nitrogen and oxygen atoms in total. The molecule has 0 amide bonds. The first-order valence-electron chi connectivity index (χ1n) is 6.81. The molecule has 0 spiro atoms. The van der Waals surface area contributed by atoms with Crippen LogP contribution in [0.25, 0.3) is 11.2 Å². The summed E-state index contributed by atoms with van der Waals surface area (Å²) in [5, 5.41) is 0.832. The van der Waals surface area contributed by atoms with E-state index in [1.54, 1.807) is 11.8 Å². The van der Waals surface area contributed by atoms with E-state index in [0.717, 1.165) is 17.5 Å². The molecule has 6 heteroatoms. The van der Waals surface area contributed by atoms with E-state index in [-0.39, 0.29) is 5.56 Å². The highest BCUT2D eigenvalue weighted by Crippen LogP contribution is 2.24. The Morgan fingerprint density at radius 3 is 3.00 bits per heavy atom. The number of aryl methyl sites for hydroxylation is 2. The van der Waals surface area contributed by atoms with Gasteiger partial charge in [0.15, 0.2) is 16.3 Å². The topological polar surface area (TPSA) is 63.6 Å². The molecule has 1 N–H and O–H groups in total. The lowest BCUT2D eigenvalue weighted by molar-refractivity contribution is 0.695. The molecule has 2 heterocycles. The number of thioether (sulfide) groups is 1. The monoisotopic (exact) mass is 300 g/mol. The molecule has 0 aliphatic rings. The van der Waals surface area contributed by atoms with E-state index in [1.807, 2.05) is 11.5 Å². The van der Waals surface area contributed by atoms with Crippen LogP contribution in [0.5, 0.6) is 0 Å². The van der Waals surface area contributed by atoms with Crippen LogP contribution in [-0.2, 0) is 12.3 Å². The van der Waals surface area contributed by atoms with Crippen molar-refractivity contribution in [2.75, 3.05) is 0 Å². The standard InChI is InChI=1S/C15H16N4OS/c1-3-19-13-12(14(20)17-9-16-13)18-15(19)21-8-11-6-4-5-10(2)7-11/h4-7,9H,3,8H2,1-2H3,(H,16,17,20).